The lowest BCUT2D eigenvalue weighted by Crippen LogP contribution is -2.53. The van der Waals surface area contributed by atoms with E-state index < -0.39 is 0 Å². The van der Waals surface area contributed by atoms with Crippen LogP contribution in [-0.2, 0) is 4.79 Å². The Labute approximate surface area is 129 Å². The van der Waals surface area contributed by atoms with Crippen LogP contribution in [0.1, 0.15) is 66.2 Å². The van der Waals surface area contributed by atoms with Crippen LogP contribution in [0.2, 0.25) is 0 Å². The predicted molar refractivity (Wildman–Crippen MR) is 88.0 cm³/mol. The minimum atomic E-state index is -0.145. The Hall–Kier alpha value is -0.850. The third kappa shape index (κ3) is 2.07. The van der Waals surface area contributed by atoms with Gasteiger partial charge in [0.25, 0.3) is 0 Å². The van der Waals surface area contributed by atoms with Crippen molar-refractivity contribution in [3.05, 3.63) is 24.3 Å². The maximum Gasteiger partial charge on any atom is 0.138 e. The number of carbonyl (C=O) groups is 1. The number of ketones is 1. The molecule has 2 saturated carbocycles. The van der Waals surface area contributed by atoms with E-state index in [1.54, 1.807) is 5.57 Å². The Bertz CT molecular complexity index is 512. The summed E-state index contributed by atoms with van der Waals surface area (Å²) in [5.74, 6) is 1.69. The van der Waals surface area contributed by atoms with Crippen molar-refractivity contribution in [2.24, 2.45) is 28.1 Å². The van der Waals surface area contributed by atoms with E-state index in [9.17, 15) is 4.79 Å². The summed E-state index contributed by atoms with van der Waals surface area (Å²) in [6.07, 6.45) is 11.3. The van der Waals surface area contributed by atoms with E-state index in [0.717, 1.165) is 19.3 Å². The molecule has 0 aromatic rings. The first-order valence-electron chi connectivity index (χ1n) is 8.59. The predicted octanol–water partition coefficient (Wildman–Crippen LogP) is 5.32. The van der Waals surface area contributed by atoms with Crippen LogP contribution in [-0.4, -0.2) is 5.78 Å². The van der Waals surface area contributed by atoms with Gasteiger partial charge in [-0.3, -0.25) is 4.79 Å². The lowest BCUT2D eigenvalue weighted by molar-refractivity contribution is -0.143. The van der Waals surface area contributed by atoms with Gasteiger partial charge < -0.3 is 0 Å². The van der Waals surface area contributed by atoms with Crippen LogP contribution in [0.4, 0.5) is 0 Å². The lowest BCUT2D eigenvalue weighted by Gasteiger charge is -2.58. The Morgan fingerprint density at radius 2 is 1.95 bits per heavy atom. The van der Waals surface area contributed by atoms with Crippen molar-refractivity contribution < 1.29 is 4.79 Å². The molecule has 3 rings (SSSR count). The van der Waals surface area contributed by atoms with Crippen molar-refractivity contribution in [1.29, 1.82) is 0 Å². The van der Waals surface area contributed by atoms with E-state index in [1.165, 1.54) is 19.3 Å². The van der Waals surface area contributed by atoms with E-state index in [4.69, 9.17) is 0 Å². The molecule has 21 heavy (non-hydrogen) atoms. The van der Waals surface area contributed by atoms with Gasteiger partial charge >= 0.3 is 0 Å². The zero-order valence-electron chi connectivity index (χ0n) is 14.2. The molecule has 1 nitrogen and oxygen atoms in total. The second-order valence-electron chi connectivity index (χ2n) is 8.84. The van der Waals surface area contributed by atoms with Crippen molar-refractivity contribution in [1.82, 2.24) is 0 Å². The smallest absolute Gasteiger partial charge is 0.138 e. The van der Waals surface area contributed by atoms with Gasteiger partial charge in [0.15, 0.2) is 0 Å². The van der Waals surface area contributed by atoms with Crippen LogP contribution in [0.5, 0.6) is 0 Å². The number of allylic oxidation sites excluding steroid dienone is 3. The molecule has 116 valence electrons. The zero-order chi connectivity index (χ0) is 15.5. The first-order chi connectivity index (χ1) is 9.73. The summed E-state index contributed by atoms with van der Waals surface area (Å²) >= 11 is 0. The van der Waals surface area contributed by atoms with E-state index in [-0.39, 0.29) is 10.8 Å². The molecule has 0 aromatic carbocycles. The number of fused-ring (bicyclic) bond motifs is 3. The largest absolute Gasteiger partial charge is 0.299 e. The molecule has 0 heterocycles. The van der Waals surface area contributed by atoms with Gasteiger partial charge in [-0.1, -0.05) is 45.4 Å². The Balaban J connectivity index is 1.97. The SMILES string of the molecule is C=C[C@]1(C)CC[C@H]2C(=CC[C@H]3C(C)(C)C(=O)CC[C@@]23C)C1. The number of hydrogen-bond donors (Lipinski definition) is 0. The van der Waals surface area contributed by atoms with E-state index >= 15 is 0 Å². The standard InChI is InChI=1S/C20H30O/c1-6-19(4)11-9-15-14(13-19)7-8-16-18(2,3)17(21)10-12-20(15,16)5/h6-7,15-16H,1,8-13H2,2-5H3/t15-,16-,19+,20-/m0/s1. The lowest BCUT2D eigenvalue weighted by atomic mass is 9.45. The van der Waals surface area contributed by atoms with Gasteiger partial charge in [-0.25, -0.2) is 0 Å². The Morgan fingerprint density at radius 3 is 2.62 bits per heavy atom. The van der Waals surface area contributed by atoms with Crippen LogP contribution in [0.15, 0.2) is 24.3 Å². The van der Waals surface area contributed by atoms with Gasteiger partial charge in [-0.05, 0) is 54.8 Å². The minimum Gasteiger partial charge on any atom is -0.299 e. The van der Waals surface area contributed by atoms with E-state index in [0.29, 0.717) is 23.0 Å². The van der Waals surface area contributed by atoms with Crippen molar-refractivity contribution in [3.63, 3.8) is 0 Å². The first kappa shape index (κ1) is 15.1. The molecule has 2 fully saturated rings. The Kier molecular flexibility index (Phi) is 3.28. The van der Waals surface area contributed by atoms with Gasteiger partial charge in [0.1, 0.15) is 5.78 Å². The Morgan fingerprint density at radius 1 is 1.24 bits per heavy atom. The highest BCUT2D eigenvalue weighted by molar-refractivity contribution is 5.85. The number of Topliss-reactive ketones (excluding diaryl/α,β-unsaturated/α-hetero) is 1. The van der Waals surface area contributed by atoms with Crippen LogP contribution in [0.3, 0.4) is 0 Å². The number of rotatable bonds is 1. The molecule has 0 unspecified atom stereocenters. The van der Waals surface area contributed by atoms with E-state index in [2.05, 4.69) is 46.4 Å². The quantitative estimate of drug-likeness (QED) is 0.596. The second kappa shape index (κ2) is 4.57. The fourth-order valence-corrected chi connectivity index (χ4v) is 5.63. The molecule has 1 heteroatoms. The molecular formula is C20H30O. The van der Waals surface area contributed by atoms with Crippen molar-refractivity contribution >= 4 is 5.78 Å². The molecule has 0 N–H and O–H groups in total. The topological polar surface area (TPSA) is 17.1 Å². The molecular weight excluding hydrogens is 256 g/mol. The summed E-state index contributed by atoms with van der Waals surface area (Å²) in [6, 6.07) is 0. The molecule has 0 aliphatic heterocycles. The maximum absolute atomic E-state index is 12.4. The van der Waals surface area contributed by atoms with Gasteiger partial charge in [0.05, 0.1) is 0 Å². The average molecular weight is 286 g/mol. The van der Waals surface area contributed by atoms with Crippen LogP contribution in [0, 0.1) is 28.1 Å². The van der Waals surface area contributed by atoms with Crippen LogP contribution in [0.25, 0.3) is 0 Å². The second-order valence-corrected chi connectivity index (χ2v) is 8.84. The zero-order valence-corrected chi connectivity index (χ0v) is 14.2. The summed E-state index contributed by atoms with van der Waals surface area (Å²) in [6.45, 7) is 13.2. The average Bonchev–Trinajstić information content (AvgIpc) is 2.43. The van der Waals surface area contributed by atoms with Crippen molar-refractivity contribution in [3.8, 4) is 0 Å². The highest BCUT2D eigenvalue weighted by Gasteiger charge is 2.56. The van der Waals surface area contributed by atoms with Crippen LogP contribution >= 0.6 is 0 Å². The number of hydrogen-bond acceptors (Lipinski definition) is 1. The summed E-state index contributed by atoms with van der Waals surface area (Å²) in [7, 11) is 0. The molecule has 0 aromatic heterocycles. The van der Waals surface area contributed by atoms with Crippen molar-refractivity contribution in [2.75, 3.05) is 0 Å². The molecule has 0 bridgehead atoms. The van der Waals surface area contributed by atoms with Gasteiger partial charge in [-0.2, -0.15) is 0 Å². The summed E-state index contributed by atoms with van der Waals surface area (Å²) < 4.78 is 0. The highest BCUT2D eigenvalue weighted by atomic mass is 16.1. The third-order valence-electron chi connectivity index (χ3n) is 7.24. The first-order valence-corrected chi connectivity index (χ1v) is 8.59. The molecule has 3 aliphatic carbocycles. The minimum absolute atomic E-state index is 0.145. The van der Waals surface area contributed by atoms with Gasteiger partial charge in [-0.15, -0.1) is 6.58 Å². The van der Waals surface area contributed by atoms with Gasteiger partial charge in [0.2, 0.25) is 0 Å². The maximum atomic E-state index is 12.4. The van der Waals surface area contributed by atoms with E-state index in [1.807, 2.05) is 0 Å². The summed E-state index contributed by atoms with van der Waals surface area (Å²) in [4.78, 5) is 12.4. The highest BCUT2D eigenvalue weighted by Crippen LogP contribution is 2.62. The fraction of sp³-hybridized carbons (Fsp3) is 0.750. The van der Waals surface area contributed by atoms with Gasteiger partial charge in [0, 0.05) is 11.8 Å². The molecule has 4 atom stereocenters. The number of carbonyl (C=O) groups excluding carboxylic acids is 1. The molecule has 0 radical (unpaired) electrons. The third-order valence-corrected chi connectivity index (χ3v) is 7.24. The summed E-state index contributed by atoms with van der Waals surface area (Å²) in [5.41, 5.74) is 2.12. The monoisotopic (exact) mass is 286 g/mol. The molecule has 0 spiro atoms. The molecule has 3 aliphatic rings. The normalized spacial score (nSPS) is 45.3. The molecule has 0 amide bonds. The fourth-order valence-electron chi connectivity index (χ4n) is 5.63. The van der Waals surface area contributed by atoms with Crippen LogP contribution < -0.4 is 0 Å². The summed E-state index contributed by atoms with van der Waals surface area (Å²) in [5, 5.41) is 0. The molecule has 0 saturated heterocycles. The van der Waals surface area contributed by atoms with Crippen molar-refractivity contribution in [2.45, 2.75) is 66.2 Å².